The fourth-order valence-electron chi connectivity index (χ4n) is 1.26. The summed E-state index contributed by atoms with van der Waals surface area (Å²) < 4.78 is 5.51. The number of aryl methyl sites for hydroxylation is 1. The van der Waals surface area contributed by atoms with Crippen LogP contribution >= 0.6 is 0 Å². The van der Waals surface area contributed by atoms with E-state index < -0.39 is 6.10 Å². The lowest BCUT2D eigenvalue weighted by molar-refractivity contribution is -0.127. The Balaban J connectivity index is 2.53. The smallest absolute Gasteiger partial charge is 0.261 e. The first-order chi connectivity index (χ1) is 7.63. The maximum atomic E-state index is 11.5. The van der Waals surface area contributed by atoms with Crippen molar-refractivity contribution in [3.8, 4) is 5.75 Å². The Bertz CT molecular complexity index is 374. The maximum Gasteiger partial charge on any atom is 0.261 e. The molecule has 0 fully saturated rings. The highest BCUT2D eigenvalue weighted by Gasteiger charge is 2.13. The standard InChI is InChI=1S/C13H17NO2/c1-4-8-14-13(15)11(3)16-12-7-5-6-10(2)9-12/h4-7,9,11H,1,8H2,2-3H3,(H,14,15)/t11-/m1/s1. The van der Waals surface area contributed by atoms with E-state index in [-0.39, 0.29) is 5.91 Å². The van der Waals surface area contributed by atoms with Crippen molar-refractivity contribution in [2.45, 2.75) is 20.0 Å². The van der Waals surface area contributed by atoms with E-state index in [4.69, 9.17) is 4.74 Å². The predicted molar refractivity (Wildman–Crippen MR) is 64.5 cm³/mol. The number of hydrogen-bond acceptors (Lipinski definition) is 2. The minimum atomic E-state index is -0.498. The monoisotopic (exact) mass is 219 g/mol. The van der Waals surface area contributed by atoms with Crippen molar-refractivity contribution < 1.29 is 9.53 Å². The highest BCUT2D eigenvalue weighted by atomic mass is 16.5. The summed E-state index contributed by atoms with van der Waals surface area (Å²) in [6, 6.07) is 7.62. The molecule has 0 unspecified atom stereocenters. The summed E-state index contributed by atoms with van der Waals surface area (Å²) in [5.41, 5.74) is 1.11. The largest absolute Gasteiger partial charge is 0.481 e. The fourth-order valence-corrected chi connectivity index (χ4v) is 1.26. The van der Waals surface area contributed by atoms with E-state index in [1.165, 1.54) is 0 Å². The molecule has 1 atom stereocenters. The highest BCUT2D eigenvalue weighted by Crippen LogP contribution is 2.14. The van der Waals surface area contributed by atoms with Crippen molar-refractivity contribution in [1.29, 1.82) is 0 Å². The molecule has 0 saturated heterocycles. The van der Waals surface area contributed by atoms with Gasteiger partial charge < -0.3 is 10.1 Å². The van der Waals surface area contributed by atoms with Gasteiger partial charge in [-0.1, -0.05) is 18.2 Å². The molecule has 0 aliphatic carbocycles. The molecule has 0 heterocycles. The van der Waals surface area contributed by atoms with Gasteiger partial charge in [0.05, 0.1) is 0 Å². The molecular weight excluding hydrogens is 202 g/mol. The Hall–Kier alpha value is -1.77. The van der Waals surface area contributed by atoms with Crippen LogP contribution in [0, 0.1) is 6.92 Å². The van der Waals surface area contributed by atoms with Gasteiger partial charge in [-0.15, -0.1) is 6.58 Å². The molecule has 1 aromatic rings. The lowest BCUT2D eigenvalue weighted by Gasteiger charge is -2.14. The van der Waals surface area contributed by atoms with Gasteiger partial charge >= 0.3 is 0 Å². The predicted octanol–water partition coefficient (Wildman–Crippen LogP) is 2.06. The van der Waals surface area contributed by atoms with Crippen LogP contribution in [0.15, 0.2) is 36.9 Å². The third-order valence-corrected chi connectivity index (χ3v) is 2.09. The maximum absolute atomic E-state index is 11.5. The van der Waals surface area contributed by atoms with E-state index in [9.17, 15) is 4.79 Å². The van der Waals surface area contributed by atoms with Gasteiger partial charge in [0, 0.05) is 6.54 Å². The SMILES string of the molecule is C=CCNC(=O)[C@@H](C)Oc1cccc(C)c1. The summed E-state index contributed by atoms with van der Waals surface area (Å²) in [5, 5.41) is 2.68. The van der Waals surface area contributed by atoms with E-state index in [1.807, 2.05) is 31.2 Å². The van der Waals surface area contributed by atoms with E-state index in [0.29, 0.717) is 12.3 Å². The normalized spacial score (nSPS) is 11.6. The Kier molecular flexibility index (Phi) is 4.58. The quantitative estimate of drug-likeness (QED) is 0.770. The van der Waals surface area contributed by atoms with E-state index in [0.717, 1.165) is 5.56 Å². The Morgan fingerprint density at radius 1 is 1.62 bits per heavy atom. The molecule has 16 heavy (non-hydrogen) atoms. The first-order valence-corrected chi connectivity index (χ1v) is 5.25. The van der Waals surface area contributed by atoms with E-state index >= 15 is 0 Å². The van der Waals surface area contributed by atoms with Crippen LogP contribution in [-0.2, 0) is 4.79 Å². The van der Waals surface area contributed by atoms with Crippen LogP contribution in [-0.4, -0.2) is 18.6 Å². The average molecular weight is 219 g/mol. The van der Waals surface area contributed by atoms with Gasteiger partial charge in [0.15, 0.2) is 6.10 Å². The number of nitrogens with one attached hydrogen (secondary N) is 1. The Morgan fingerprint density at radius 2 is 2.38 bits per heavy atom. The number of amides is 1. The molecule has 0 aromatic heterocycles. The summed E-state index contributed by atoms with van der Waals surface area (Å²) >= 11 is 0. The van der Waals surface area contributed by atoms with Gasteiger partial charge in [-0.25, -0.2) is 0 Å². The topological polar surface area (TPSA) is 38.3 Å². The molecular formula is C13H17NO2. The van der Waals surface area contributed by atoms with Crippen molar-refractivity contribution >= 4 is 5.91 Å². The zero-order chi connectivity index (χ0) is 12.0. The lowest BCUT2D eigenvalue weighted by Crippen LogP contribution is -2.36. The summed E-state index contributed by atoms with van der Waals surface area (Å²) in [7, 11) is 0. The number of ether oxygens (including phenoxy) is 1. The molecule has 1 N–H and O–H groups in total. The molecule has 3 nitrogen and oxygen atoms in total. The van der Waals surface area contributed by atoms with E-state index in [2.05, 4.69) is 11.9 Å². The molecule has 0 radical (unpaired) electrons. The number of benzene rings is 1. The second-order valence-corrected chi connectivity index (χ2v) is 3.61. The highest BCUT2D eigenvalue weighted by molar-refractivity contribution is 5.80. The number of carbonyl (C=O) groups is 1. The molecule has 0 spiro atoms. The third-order valence-electron chi connectivity index (χ3n) is 2.09. The van der Waals surface area contributed by atoms with Crippen molar-refractivity contribution in [3.05, 3.63) is 42.5 Å². The first-order valence-electron chi connectivity index (χ1n) is 5.25. The molecule has 86 valence electrons. The van der Waals surface area contributed by atoms with Crippen LogP contribution in [0.3, 0.4) is 0 Å². The molecule has 0 aliphatic heterocycles. The minimum absolute atomic E-state index is 0.138. The fraction of sp³-hybridized carbons (Fsp3) is 0.308. The van der Waals surface area contributed by atoms with Gasteiger partial charge in [0.2, 0.25) is 0 Å². The molecule has 0 saturated carbocycles. The zero-order valence-electron chi connectivity index (χ0n) is 9.69. The number of rotatable bonds is 5. The Morgan fingerprint density at radius 3 is 3.00 bits per heavy atom. The van der Waals surface area contributed by atoms with Crippen molar-refractivity contribution in [2.75, 3.05) is 6.54 Å². The van der Waals surface area contributed by atoms with Crippen molar-refractivity contribution in [1.82, 2.24) is 5.32 Å². The Labute approximate surface area is 96.1 Å². The second kappa shape index (κ2) is 5.95. The van der Waals surface area contributed by atoms with Crippen LogP contribution in [0.1, 0.15) is 12.5 Å². The lowest BCUT2D eigenvalue weighted by atomic mass is 10.2. The van der Waals surface area contributed by atoms with Crippen LogP contribution in [0.2, 0.25) is 0 Å². The summed E-state index contributed by atoms with van der Waals surface area (Å²) in [6.07, 6.45) is 1.14. The first kappa shape index (κ1) is 12.3. The van der Waals surface area contributed by atoms with Gasteiger partial charge in [-0.2, -0.15) is 0 Å². The van der Waals surface area contributed by atoms with Gasteiger partial charge in [-0.3, -0.25) is 4.79 Å². The summed E-state index contributed by atoms with van der Waals surface area (Å²) in [6.45, 7) is 7.70. The van der Waals surface area contributed by atoms with Crippen molar-refractivity contribution in [3.63, 3.8) is 0 Å². The molecule has 1 amide bonds. The van der Waals surface area contributed by atoms with Gasteiger partial charge in [0.25, 0.3) is 5.91 Å². The van der Waals surface area contributed by atoms with Crippen molar-refractivity contribution in [2.24, 2.45) is 0 Å². The van der Waals surface area contributed by atoms with Gasteiger partial charge in [-0.05, 0) is 31.5 Å². The summed E-state index contributed by atoms with van der Waals surface area (Å²) in [5.74, 6) is 0.572. The summed E-state index contributed by atoms with van der Waals surface area (Å²) in [4.78, 5) is 11.5. The molecule has 1 rings (SSSR count). The third kappa shape index (κ3) is 3.77. The van der Waals surface area contributed by atoms with Crippen LogP contribution in [0.5, 0.6) is 5.75 Å². The molecule has 3 heteroatoms. The molecule has 0 aliphatic rings. The zero-order valence-corrected chi connectivity index (χ0v) is 9.69. The second-order valence-electron chi connectivity index (χ2n) is 3.61. The molecule has 1 aromatic carbocycles. The van der Waals surface area contributed by atoms with Crippen LogP contribution < -0.4 is 10.1 Å². The molecule has 0 bridgehead atoms. The van der Waals surface area contributed by atoms with E-state index in [1.54, 1.807) is 13.0 Å². The average Bonchev–Trinajstić information content (AvgIpc) is 2.25. The van der Waals surface area contributed by atoms with Crippen LogP contribution in [0.4, 0.5) is 0 Å². The van der Waals surface area contributed by atoms with Gasteiger partial charge in [0.1, 0.15) is 5.75 Å². The number of carbonyl (C=O) groups excluding carboxylic acids is 1. The van der Waals surface area contributed by atoms with Crippen LogP contribution in [0.25, 0.3) is 0 Å². The number of hydrogen-bond donors (Lipinski definition) is 1. The minimum Gasteiger partial charge on any atom is -0.481 e.